The summed E-state index contributed by atoms with van der Waals surface area (Å²) >= 11 is 5.77. The molecule has 0 fully saturated rings. The molecule has 2 amide bonds. The Balaban J connectivity index is 2.23. The zero-order valence-electron chi connectivity index (χ0n) is 10.2. The number of hydrogen-bond acceptors (Lipinski definition) is 2. The minimum atomic E-state index is -0.885. The second-order valence-electron chi connectivity index (χ2n) is 4.31. The second kappa shape index (κ2) is 4.99. The van der Waals surface area contributed by atoms with Crippen LogP contribution in [0.4, 0.5) is 14.5 Å². The molecule has 1 aliphatic heterocycles. The molecule has 0 N–H and O–H groups in total. The van der Waals surface area contributed by atoms with E-state index in [1.54, 1.807) is 12.1 Å². The summed E-state index contributed by atoms with van der Waals surface area (Å²) in [6, 6.07) is 7.01. The van der Waals surface area contributed by atoms with Gasteiger partial charge < -0.3 is 0 Å². The Labute approximate surface area is 134 Å². The summed E-state index contributed by atoms with van der Waals surface area (Å²) in [6.45, 7) is 0. The maximum atomic E-state index is 14.1. The van der Waals surface area contributed by atoms with Gasteiger partial charge in [-0.3, -0.25) is 9.59 Å². The number of carbonyl (C=O) groups is 2. The van der Waals surface area contributed by atoms with Gasteiger partial charge in [0.05, 0.1) is 20.1 Å². The van der Waals surface area contributed by atoms with Crippen molar-refractivity contribution in [1.82, 2.24) is 0 Å². The Kier molecular flexibility index (Phi) is 3.41. The van der Waals surface area contributed by atoms with Crippen molar-refractivity contribution in [2.45, 2.75) is 0 Å². The smallest absolute Gasteiger partial charge is 0.266 e. The lowest BCUT2D eigenvalue weighted by Gasteiger charge is -2.17. The van der Waals surface area contributed by atoms with Crippen LogP contribution in [0.15, 0.2) is 39.3 Å². The highest BCUT2D eigenvalue weighted by molar-refractivity contribution is 9.11. The van der Waals surface area contributed by atoms with E-state index >= 15 is 0 Å². The summed E-state index contributed by atoms with van der Waals surface area (Å²) in [5, 5.41) is 0. The minimum Gasteiger partial charge on any atom is -0.268 e. The first-order valence-corrected chi connectivity index (χ1v) is 7.33. The fourth-order valence-electron chi connectivity index (χ4n) is 2.15. The van der Waals surface area contributed by atoms with Crippen LogP contribution >= 0.6 is 31.9 Å². The van der Waals surface area contributed by atoms with Crippen molar-refractivity contribution in [1.29, 1.82) is 0 Å². The summed E-state index contributed by atoms with van der Waals surface area (Å²) in [4.78, 5) is 25.2. The third-order valence-electron chi connectivity index (χ3n) is 3.11. The van der Waals surface area contributed by atoms with Gasteiger partial charge in [-0.2, -0.15) is 0 Å². The van der Waals surface area contributed by atoms with Gasteiger partial charge >= 0.3 is 0 Å². The minimum absolute atomic E-state index is 0.104. The average Bonchev–Trinajstić information content (AvgIpc) is 2.71. The molecule has 0 bridgehead atoms. The molecule has 3 nitrogen and oxygen atoms in total. The number of benzene rings is 2. The fraction of sp³-hybridized carbons (Fsp3) is 0. The molecule has 2 aromatic rings. The van der Waals surface area contributed by atoms with Crippen LogP contribution in [0, 0.1) is 11.6 Å². The van der Waals surface area contributed by atoms with Crippen LogP contribution in [0.2, 0.25) is 0 Å². The molecule has 0 unspecified atom stereocenters. The average molecular weight is 417 g/mol. The highest BCUT2D eigenvalue weighted by atomic mass is 79.9. The van der Waals surface area contributed by atoms with Gasteiger partial charge in [-0.05, 0) is 50.1 Å². The van der Waals surface area contributed by atoms with Crippen molar-refractivity contribution < 1.29 is 18.4 Å². The molecule has 1 heterocycles. The predicted octanol–water partition coefficient (Wildman–Crippen LogP) is 4.29. The number of nitrogens with zero attached hydrogens (tertiary/aromatic N) is 1. The number of halogens is 4. The molecule has 0 radical (unpaired) electrons. The molecule has 1 aliphatic rings. The lowest BCUT2D eigenvalue weighted by Crippen LogP contribution is -2.30. The first-order chi connectivity index (χ1) is 9.93. The third-order valence-corrected chi connectivity index (χ3v) is 4.41. The second-order valence-corrected chi connectivity index (χ2v) is 5.96. The molecule has 0 saturated carbocycles. The van der Waals surface area contributed by atoms with Crippen LogP contribution in [0.25, 0.3) is 0 Å². The van der Waals surface area contributed by atoms with Gasteiger partial charge in [-0.25, -0.2) is 13.7 Å². The number of imide groups is 1. The highest BCUT2D eigenvalue weighted by Crippen LogP contribution is 2.39. The first-order valence-electron chi connectivity index (χ1n) is 5.74. The fourth-order valence-corrected chi connectivity index (χ4v) is 3.40. The molecule has 0 atom stereocenters. The van der Waals surface area contributed by atoms with E-state index in [-0.39, 0.29) is 20.1 Å². The van der Waals surface area contributed by atoms with Gasteiger partial charge in [0.25, 0.3) is 11.8 Å². The Bertz CT molecular complexity index is 773. The van der Waals surface area contributed by atoms with Gasteiger partial charge in [0, 0.05) is 0 Å². The number of rotatable bonds is 1. The molecule has 21 heavy (non-hydrogen) atoms. The van der Waals surface area contributed by atoms with Gasteiger partial charge in [-0.15, -0.1) is 0 Å². The molecule has 3 rings (SSSR count). The zero-order valence-corrected chi connectivity index (χ0v) is 13.3. The Hall–Kier alpha value is -1.60. The molecular formula is C14H5Br2F2NO2. The number of fused-ring (bicyclic) bond motifs is 1. The van der Waals surface area contributed by atoms with Crippen LogP contribution in [0.5, 0.6) is 0 Å². The van der Waals surface area contributed by atoms with E-state index in [2.05, 4.69) is 31.9 Å². The molecule has 0 spiro atoms. The first kappa shape index (κ1) is 14.3. The van der Waals surface area contributed by atoms with Crippen molar-refractivity contribution in [3.8, 4) is 0 Å². The topological polar surface area (TPSA) is 37.4 Å². The van der Waals surface area contributed by atoms with Crippen LogP contribution in [0.3, 0.4) is 0 Å². The molecule has 7 heteroatoms. The summed E-state index contributed by atoms with van der Waals surface area (Å²) < 4.78 is 27.6. The van der Waals surface area contributed by atoms with Crippen molar-refractivity contribution in [2.75, 3.05) is 4.90 Å². The normalized spacial score (nSPS) is 13.8. The van der Waals surface area contributed by atoms with Gasteiger partial charge in [0.15, 0.2) is 5.82 Å². The Morgan fingerprint density at radius 1 is 0.952 bits per heavy atom. The Morgan fingerprint density at radius 3 is 2.00 bits per heavy atom. The maximum Gasteiger partial charge on any atom is 0.266 e. The summed E-state index contributed by atoms with van der Waals surface area (Å²) in [5.74, 6) is -3.04. The number of carbonyl (C=O) groups excluding carboxylic acids is 2. The van der Waals surface area contributed by atoms with Crippen molar-refractivity contribution in [3.05, 3.63) is 62.0 Å². The third kappa shape index (κ3) is 2.03. The Morgan fingerprint density at radius 2 is 1.48 bits per heavy atom. The van der Waals surface area contributed by atoms with E-state index in [1.807, 2.05) is 0 Å². The summed E-state index contributed by atoms with van der Waals surface area (Å²) in [6.07, 6.45) is 0. The number of amides is 2. The van der Waals surface area contributed by atoms with Crippen molar-refractivity contribution >= 4 is 49.4 Å². The molecule has 0 aromatic heterocycles. The number of anilines is 1. The lowest BCUT2D eigenvalue weighted by molar-refractivity contribution is 0.0924. The largest absolute Gasteiger partial charge is 0.268 e. The van der Waals surface area contributed by atoms with Crippen LogP contribution in [-0.4, -0.2) is 11.8 Å². The van der Waals surface area contributed by atoms with Crippen LogP contribution in [0.1, 0.15) is 20.7 Å². The van der Waals surface area contributed by atoms with Gasteiger partial charge in [0.2, 0.25) is 0 Å². The van der Waals surface area contributed by atoms with Crippen LogP contribution in [-0.2, 0) is 0 Å². The predicted molar refractivity (Wildman–Crippen MR) is 79.3 cm³/mol. The van der Waals surface area contributed by atoms with E-state index in [4.69, 9.17) is 0 Å². The maximum absolute atomic E-state index is 14.1. The molecule has 2 aromatic carbocycles. The number of hydrogen-bond donors (Lipinski definition) is 0. The molecular weight excluding hydrogens is 412 g/mol. The standard InChI is InChI=1S/C14H5Br2F2NO2/c15-8-5-9(17)12(10(16)11(8)18)19-13(20)6-3-1-2-4-7(6)14(19)21/h1-5H. The van der Waals surface area contributed by atoms with E-state index in [1.165, 1.54) is 12.1 Å². The van der Waals surface area contributed by atoms with E-state index < -0.39 is 29.1 Å². The highest BCUT2D eigenvalue weighted by Gasteiger charge is 2.39. The van der Waals surface area contributed by atoms with Gasteiger partial charge in [-0.1, -0.05) is 12.1 Å². The van der Waals surface area contributed by atoms with E-state index in [0.29, 0.717) is 4.90 Å². The van der Waals surface area contributed by atoms with Crippen LogP contribution < -0.4 is 4.90 Å². The quantitative estimate of drug-likeness (QED) is 0.395. The molecule has 0 aliphatic carbocycles. The SMILES string of the molecule is O=C1c2ccccc2C(=O)N1c1c(F)cc(Br)c(F)c1Br. The zero-order chi connectivity index (χ0) is 15.3. The summed E-state index contributed by atoms with van der Waals surface area (Å²) in [5.41, 5.74) is -0.101. The monoisotopic (exact) mass is 415 g/mol. The summed E-state index contributed by atoms with van der Waals surface area (Å²) in [7, 11) is 0. The lowest BCUT2D eigenvalue weighted by atomic mass is 10.1. The van der Waals surface area contributed by atoms with Crippen molar-refractivity contribution in [2.24, 2.45) is 0 Å². The van der Waals surface area contributed by atoms with Crippen molar-refractivity contribution in [3.63, 3.8) is 0 Å². The van der Waals surface area contributed by atoms with E-state index in [9.17, 15) is 18.4 Å². The van der Waals surface area contributed by atoms with Gasteiger partial charge in [0.1, 0.15) is 11.5 Å². The van der Waals surface area contributed by atoms with E-state index in [0.717, 1.165) is 6.07 Å². The molecule has 0 saturated heterocycles. The molecule has 106 valence electrons.